The molecule has 0 saturated carbocycles. The largest absolute Gasteiger partial charge is 0.459 e. The van der Waals surface area contributed by atoms with Gasteiger partial charge in [-0.3, -0.25) is 19.4 Å². The Labute approximate surface area is 389 Å². The summed E-state index contributed by atoms with van der Waals surface area (Å²) in [6.45, 7) is 14.2. The molecule has 18 atom stereocenters. The molecule has 3 aliphatic heterocycles. The summed E-state index contributed by atoms with van der Waals surface area (Å²) in [5.74, 6) is -6.02. The van der Waals surface area contributed by atoms with Crippen molar-refractivity contribution in [1.29, 1.82) is 0 Å². The normalized spacial score (nSPS) is 41.0. The number of carbonyl (C=O) groups excluding carboxylic acids is 3. The number of nitrogens with zero attached hydrogens (tertiary/aromatic N) is 2. The van der Waals surface area contributed by atoms with Gasteiger partial charge >= 0.3 is 5.97 Å². The minimum absolute atomic E-state index is 0.0357. The number of hydrogen-bond donors (Lipinski definition) is 7. The Morgan fingerprint density at radius 1 is 0.939 bits per heavy atom. The van der Waals surface area contributed by atoms with Crippen molar-refractivity contribution >= 4 is 34.3 Å². The van der Waals surface area contributed by atoms with Crippen LogP contribution in [-0.2, 0) is 42.8 Å². The number of esters is 1. The molecule has 5 rings (SSSR count). The Morgan fingerprint density at radius 3 is 2.30 bits per heavy atom. The molecule has 12 unspecified atom stereocenters. The molecule has 66 heavy (non-hydrogen) atoms. The van der Waals surface area contributed by atoms with Crippen LogP contribution in [0.4, 0.5) is 5.69 Å². The molecular formula is C48H76N4O14. The number of aliphatic hydroxyl groups is 5. The summed E-state index contributed by atoms with van der Waals surface area (Å²) in [6.07, 6.45) is -9.46. The van der Waals surface area contributed by atoms with E-state index in [4.69, 9.17) is 28.4 Å². The Kier molecular flexibility index (Phi) is 17.8. The van der Waals surface area contributed by atoms with E-state index < -0.39 is 113 Å². The number of ketones is 1. The van der Waals surface area contributed by atoms with Gasteiger partial charge in [0.15, 0.2) is 12.6 Å². The van der Waals surface area contributed by atoms with Gasteiger partial charge in [-0.05, 0) is 92.7 Å². The number of likely N-dealkylation sites (N-methyl/N-ethyl adjacent to an activating group) is 1. The highest BCUT2D eigenvalue weighted by Crippen LogP contribution is 2.41. The zero-order valence-electron chi connectivity index (χ0n) is 40.7. The van der Waals surface area contributed by atoms with E-state index >= 15 is 0 Å². The lowest BCUT2D eigenvalue weighted by Crippen LogP contribution is -2.61. The number of nitrogens with one attached hydrogen (secondary N) is 2. The van der Waals surface area contributed by atoms with Gasteiger partial charge in [-0.1, -0.05) is 26.8 Å². The molecule has 1 amide bonds. The summed E-state index contributed by atoms with van der Waals surface area (Å²) in [4.78, 5) is 48.2. The number of hydrogen-bond acceptors (Lipinski definition) is 17. The quantitative estimate of drug-likeness (QED) is 0.151. The Balaban J connectivity index is 1.48. The molecule has 4 heterocycles. The first-order chi connectivity index (χ1) is 30.8. The van der Waals surface area contributed by atoms with Crippen LogP contribution in [-0.4, -0.2) is 172 Å². The van der Waals surface area contributed by atoms with Crippen LogP contribution in [0.1, 0.15) is 88.0 Å². The number of methoxy groups -OCH3 is 1. The molecule has 3 saturated heterocycles. The summed E-state index contributed by atoms with van der Waals surface area (Å²) in [5.41, 5.74) is -3.70. The first-order valence-corrected chi connectivity index (χ1v) is 23.2. The number of anilines is 1. The zero-order chi connectivity index (χ0) is 49.1. The van der Waals surface area contributed by atoms with Gasteiger partial charge in [0.1, 0.15) is 29.7 Å². The lowest BCUT2D eigenvalue weighted by Gasteiger charge is -2.49. The number of carbonyl (C=O) groups is 3. The molecule has 0 aliphatic carbocycles. The van der Waals surface area contributed by atoms with Crippen molar-refractivity contribution in [3.63, 3.8) is 0 Å². The third-order valence-electron chi connectivity index (χ3n) is 14.2. The number of Topliss-reactive ketones (excluding diaryl/α,β-unsaturated/α-hetero) is 1. The fourth-order valence-corrected chi connectivity index (χ4v) is 10.0. The van der Waals surface area contributed by atoms with Crippen LogP contribution >= 0.6 is 0 Å². The van der Waals surface area contributed by atoms with Crippen molar-refractivity contribution in [2.75, 3.05) is 39.6 Å². The van der Waals surface area contributed by atoms with Crippen molar-refractivity contribution < 1.29 is 68.3 Å². The lowest BCUT2D eigenvalue weighted by atomic mass is 9.74. The first-order valence-electron chi connectivity index (χ1n) is 23.2. The first kappa shape index (κ1) is 53.6. The third kappa shape index (κ3) is 12.2. The number of benzene rings is 1. The molecule has 1 aromatic heterocycles. The summed E-state index contributed by atoms with van der Waals surface area (Å²) < 4.78 is 37.6. The van der Waals surface area contributed by atoms with Crippen LogP contribution in [0.3, 0.4) is 0 Å². The maximum atomic E-state index is 14.7. The Morgan fingerprint density at radius 2 is 1.64 bits per heavy atom. The Bertz CT molecular complexity index is 1950. The number of pyridine rings is 1. The van der Waals surface area contributed by atoms with Gasteiger partial charge in [-0.15, -0.1) is 0 Å². The van der Waals surface area contributed by atoms with Crippen molar-refractivity contribution in [2.45, 2.75) is 172 Å². The maximum absolute atomic E-state index is 14.7. The van der Waals surface area contributed by atoms with Crippen LogP contribution in [0, 0.1) is 23.7 Å². The summed E-state index contributed by atoms with van der Waals surface area (Å²) >= 11 is 0. The van der Waals surface area contributed by atoms with Gasteiger partial charge in [-0.25, -0.2) is 0 Å². The van der Waals surface area contributed by atoms with Gasteiger partial charge in [0.05, 0.1) is 59.7 Å². The standard InChI is InChI=1S/C48H76N4O14/c1-25-22-46(7,59)43(66-45-39(55)34(52(10)11)20-26(2)62-45)28(4)40(65-37-23-47(8,61-12)42(57)30(6)63-37)29(5)44(58)64-35(48(9,60)41(56)27(3)38(25)54)17-19-50-36(53)24-51-32-15-16-33-31(21-32)14-13-18-49-33/h13-16,18,21,25-30,34-35,37,39-43,45,51,55-57,59-60H,17,19-20,22-24H2,1-12H3,(H,50,53)/t25-,26?,27+,28+,29?,30?,34?,35-,37?,39?,40?,41?,42?,43?,45?,46-,47?,48-/m1/s1. The molecule has 0 spiro atoms. The second-order valence-electron chi connectivity index (χ2n) is 20.0. The van der Waals surface area contributed by atoms with Crippen molar-refractivity contribution in [2.24, 2.45) is 23.7 Å². The van der Waals surface area contributed by atoms with Gasteiger partial charge in [0.25, 0.3) is 0 Å². The van der Waals surface area contributed by atoms with E-state index in [0.717, 1.165) is 10.9 Å². The van der Waals surface area contributed by atoms with Crippen LogP contribution in [0.2, 0.25) is 0 Å². The van der Waals surface area contributed by atoms with Crippen LogP contribution in [0.25, 0.3) is 10.9 Å². The molecule has 0 radical (unpaired) electrons. The van der Waals surface area contributed by atoms with Gasteiger partial charge in [-0.2, -0.15) is 0 Å². The topological polar surface area (TPSA) is 248 Å². The molecule has 3 aliphatic rings. The van der Waals surface area contributed by atoms with Gasteiger partial charge in [0.2, 0.25) is 5.91 Å². The van der Waals surface area contributed by atoms with E-state index in [2.05, 4.69) is 15.6 Å². The highest BCUT2D eigenvalue weighted by atomic mass is 16.7. The van der Waals surface area contributed by atoms with Crippen LogP contribution in [0.15, 0.2) is 36.5 Å². The third-order valence-corrected chi connectivity index (χ3v) is 14.2. The monoisotopic (exact) mass is 933 g/mol. The van der Waals surface area contributed by atoms with Crippen LogP contribution in [0.5, 0.6) is 0 Å². The molecular weight excluding hydrogens is 857 g/mol. The number of amides is 1. The van der Waals surface area contributed by atoms with Crippen LogP contribution < -0.4 is 10.6 Å². The SMILES string of the molecule is COC1(C)CC(OC2C(C)C(=O)O[C@H](CCNC(=O)CNc3ccc4ncccc4c3)[C@@](C)(O)C(O)[C@@H](C)C(=O)[C@H](C)C[C@@](C)(O)C(OC3OC(C)CC(N(C)C)C3O)[C@H]2C)OC(C)C1O. The fourth-order valence-electron chi connectivity index (χ4n) is 10.0. The maximum Gasteiger partial charge on any atom is 0.311 e. The number of fused-ring (bicyclic) bond motifs is 1. The van der Waals surface area contributed by atoms with E-state index in [0.29, 0.717) is 12.1 Å². The summed E-state index contributed by atoms with van der Waals surface area (Å²) in [7, 11) is 5.13. The minimum atomic E-state index is -2.22. The summed E-state index contributed by atoms with van der Waals surface area (Å²) in [6, 6.07) is 8.87. The minimum Gasteiger partial charge on any atom is -0.459 e. The zero-order valence-corrected chi connectivity index (χ0v) is 40.7. The number of rotatable bonds is 12. The average molecular weight is 933 g/mol. The van der Waals surface area contributed by atoms with Crippen molar-refractivity contribution in [3.05, 3.63) is 36.5 Å². The van der Waals surface area contributed by atoms with E-state index in [1.165, 1.54) is 27.9 Å². The fraction of sp³-hybridized carbons (Fsp3) is 0.750. The number of ether oxygens (including phenoxy) is 6. The average Bonchev–Trinajstić information content (AvgIpc) is 3.26. The predicted octanol–water partition coefficient (Wildman–Crippen LogP) is 2.54. The molecule has 0 bridgehead atoms. The van der Waals surface area contributed by atoms with Crippen molar-refractivity contribution in [1.82, 2.24) is 15.2 Å². The molecule has 1 aromatic carbocycles. The van der Waals surface area contributed by atoms with E-state index in [1.54, 1.807) is 40.8 Å². The smallest absolute Gasteiger partial charge is 0.311 e. The number of aliphatic hydroxyl groups excluding tert-OH is 3. The molecule has 18 heteroatoms. The molecule has 7 N–H and O–H groups in total. The number of cyclic esters (lactones) is 1. The van der Waals surface area contributed by atoms with E-state index in [9.17, 15) is 39.9 Å². The van der Waals surface area contributed by atoms with E-state index in [1.807, 2.05) is 56.3 Å². The molecule has 18 nitrogen and oxygen atoms in total. The predicted molar refractivity (Wildman–Crippen MR) is 244 cm³/mol. The van der Waals surface area contributed by atoms with E-state index in [-0.39, 0.29) is 44.5 Å². The summed E-state index contributed by atoms with van der Waals surface area (Å²) in [5, 5.41) is 65.9. The highest BCUT2D eigenvalue weighted by molar-refractivity contribution is 5.85. The molecule has 2 aromatic rings. The van der Waals surface area contributed by atoms with Gasteiger partial charge in [0, 0.05) is 67.6 Å². The van der Waals surface area contributed by atoms with Gasteiger partial charge < -0.3 is 69.5 Å². The Hall–Kier alpha value is -3.40. The molecule has 372 valence electrons. The molecule has 3 fully saturated rings. The second-order valence-corrected chi connectivity index (χ2v) is 20.0. The number of aromatic nitrogens is 1. The lowest BCUT2D eigenvalue weighted by molar-refractivity contribution is -0.318. The second kappa shape index (κ2) is 21.9. The van der Waals surface area contributed by atoms with Crippen molar-refractivity contribution in [3.8, 4) is 0 Å². The highest BCUT2D eigenvalue weighted by Gasteiger charge is 2.53.